The minimum atomic E-state index is -0.254. The molecular weight excluding hydrogens is 709 g/mol. The van der Waals surface area contributed by atoms with E-state index < -0.39 is 0 Å². The van der Waals surface area contributed by atoms with Gasteiger partial charge in [-0.25, -0.2) is 4.98 Å². The van der Waals surface area contributed by atoms with Crippen LogP contribution in [0.25, 0.3) is 11.0 Å². The van der Waals surface area contributed by atoms with Gasteiger partial charge in [0.2, 0.25) is 17.8 Å². The number of pyridine rings is 1. The molecule has 1 aliphatic carbocycles. The summed E-state index contributed by atoms with van der Waals surface area (Å²) in [7, 11) is 0. The fourth-order valence-electron chi connectivity index (χ4n) is 9.47. The lowest BCUT2D eigenvalue weighted by Gasteiger charge is -2.42. The minimum Gasteiger partial charge on any atom is -0.496 e. The topological polar surface area (TPSA) is 151 Å². The van der Waals surface area contributed by atoms with Crippen LogP contribution in [0.5, 0.6) is 0 Å². The van der Waals surface area contributed by atoms with Crippen LogP contribution in [0.4, 0.5) is 11.6 Å². The monoisotopic (exact) mass is 762 g/mol. The van der Waals surface area contributed by atoms with Crippen molar-refractivity contribution in [3.05, 3.63) is 81.2 Å². The van der Waals surface area contributed by atoms with Gasteiger partial charge >= 0.3 is 0 Å². The van der Waals surface area contributed by atoms with Crippen LogP contribution in [0.3, 0.4) is 0 Å². The molecule has 4 fully saturated rings. The van der Waals surface area contributed by atoms with Gasteiger partial charge in [-0.15, -0.1) is 0 Å². The van der Waals surface area contributed by atoms with Crippen molar-refractivity contribution in [3.8, 4) is 0 Å². The number of nitrogens with zero attached hydrogens (tertiary/aromatic N) is 5. The molecule has 3 saturated heterocycles. The second kappa shape index (κ2) is 16.6. The van der Waals surface area contributed by atoms with E-state index in [1.54, 1.807) is 17.7 Å². The first-order valence-electron chi connectivity index (χ1n) is 20.6. The second-order valence-corrected chi connectivity index (χ2v) is 16.2. The molecule has 0 bridgehead atoms. The van der Waals surface area contributed by atoms with Gasteiger partial charge in [-0.1, -0.05) is 25.0 Å². The lowest BCUT2D eigenvalue weighted by atomic mass is 9.90. The number of hydrogen-bond donors (Lipinski definition) is 3. The van der Waals surface area contributed by atoms with Gasteiger partial charge in [0.15, 0.2) is 5.78 Å². The number of hydrogen-bond acceptors (Lipinski definition) is 11. The lowest BCUT2D eigenvalue weighted by Crippen LogP contribution is -2.47. The first kappa shape index (κ1) is 37.9. The van der Waals surface area contributed by atoms with Gasteiger partial charge in [-0.05, 0) is 120 Å². The van der Waals surface area contributed by atoms with Gasteiger partial charge in [0.25, 0.3) is 5.56 Å². The number of carbonyl (C=O) groups excluding carboxylic acids is 3. The number of allylic oxidation sites excluding steroid dienone is 2. The largest absolute Gasteiger partial charge is 0.496 e. The molecule has 56 heavy (non-hydrogen) atoms. The Morgan fingerprint density at radius 1 is 0.929 bits per heavy atom. The number of fused-ring (bicyclic) bond motifs is 1. The van der Waals surface area contributed by atoms with Gasteiger partial charge in [-0.3, -0.25) is 29.1 Å². The van der Waals surface area contributed by atoms with E-state index in [-0.39, 0.29) is 40.7 Å². The summed E-state index contributed by atoms with van der Waals surface area (Å²) < 4.78 is 7.93. The van der Waals surface area contributed by atoms with E-state index in [4.69, 9.17) is 9.72 Å². The zero-order valence-corrected chi connectivity index (χ0v) is 32.6. The molecule has 4 aliphatic heterocycles. The third kappa shape index (κ3) is 8.09. The highest BCUT2D eigenvalue weighted by molar-refractivity contribution is 6.01. The number of amides is 2. The van der Waals surface area contributed by atoms with Crippen LogP contribution in [0, 0.1) is 12.8 Å². The zero-order valence-electron chi connectivity index (χ0n) is 32.6. The number of anilines is 2. The summed E-state index contributed by atoms with van der Waals surface area (Å²) >= 11 is 0. The molecule has 296 valence electrons. The average molecular weight is 763 g/mol. The van der Waals surface area contributed by atoms with Crippen molar-refractivity contribution in [2.45, 2.75) is 102 Å². The van der Waals surface area contributed by atoms with E-state index in [0.29, 0.717) is 55.1 Å². The fourth-order valence-corrected chi connectivity index (χ4v) is 9.47. The third-order valence-corrected chi connectivity index (χ3v) is 12.7. The first-order valence-corrected chi connectivity index (χ1v) is 20.6. The molecule has 3 N–H and O–H groups in total. The highest BCUT2D eigenvalue weighted by atomic mass is 16.5. The number of benzene rings is 1. The molecule has 1 saturated carbocycles. The Kier molecular flexibility index (Phi) is 11.2. The summed E-state index contributed by atoms with van der Waals surface area (Å²) in [5, 5.41) is 9.84. The summed E-state index contributed by atoms with van der Waals surface area (Å²) in [4.78, 5) is 64.3. The van der Waals surface area contributed by atoms with Crippen LogP contribution in [0.1, 0.15) is 111 Å². The minimum absolute atomic E-state index is 0.0326. The molecule has 1 atom stereocenters. The normalized spacial score (nSPS) is 21.8. The van der Waals surface area contributed by atoms with E-state index in [1.807, 2.05) is 12.2 Å². The summed E-state index contributed by atoms with van der Waals surface area (Å²) in [6.45, 7) is 8.86. The molecule has 2 amide bonds. The van der Waals surface area contributed by atoms with Gasteiger partial charge < -0.3 is 25.2 Å². The number of likely N-dealkylation sites (tertiary alicyclic amines) is 1. The number of aromatic nitrogens is 3. The number of carbonyl (C=O) groups is 3. The van der Waals surface area contributed by atoms with Crippen molar-refractivity contribution in [1.82, 2.24) is 30.1 Å². The maximum atomic E-state index is 13.5. The highest BCUT2D eigenvalue weighted by Crippen LogP contribution is 2.33. The van der Waals surface area contributed by atoms with Crippen molar-refractivity contribution in [2.24, 2.45) is 5.92 Å². The van der Waals surface area contributed by atoms with Crippen molar-refractivity contribution < 1.29 is 19.1 Å². The molecule has 13 nitrogen and oxygen atoms in total. The van der Waals surface area contributed by atoms with Crippen LogP contribution >= 0.6 is 0 Å². The summed E-state index contributed by atoms with van der Waals surface area (Å²) in [6, 6.07) is 9.02. The third-order valence-electron chi connectivity index (χ3n) is 12.7. The summed E-state index contributed by atoms with van der Waals surface area (Å²) in [5.74, 6) is 1.89. The van der Waals surface area contributed by atoms with E-state index in [2.05, 4.69) is 55.0 Å². The van der Waals surface area contributed by atoms with Gasteiger partial charge in [0.1, 0.15) is 17.2 Å². The number of piperidine rings is 3. The standard InChI is InChI=1S/C43H54N8O5/c1-27-36-26-45-43(48-40(36)51(33-5-3-4-6-33)42(55)39(27)28(2)52)46-37-13-11-34(25-44-37)56-24-19-29-15-20-49(21-16-29)32-17-22-50(23-18-32)31-9-7-30(8-10-31)35-12-14-38(53)47-41(35)54/h7-11,13,26,29,32-33,35,44H,3-6,12,14-25H2,1-2H3,(H,45,46,48)(H,47,53,54). The van der Waals surface area contributed by atoms with Crippen molar-refractivity contribution >= 4 is 40.3 Å². The fraction of sp³-hybridized carbons (Fsp3) is 0.535. The maximum Gasteiger partial charge on any atom is 0.263 e. The number of rotatable bonds is 11. The first-order chi connectivity index (χ1) is 27.2. The number of nitrogens with one attached hydrogen (secondary N) is 3. The number of aryl methyl sites for hydroxylation is 1. The molecule has 13 heteroatoms. The number of imide groups is 1. The average Bonchev–Trinajstić information content (AvgIpc) is 3.74. The number of ketones is 1. The summed E-state index contributed by atoms with van der Waals surface area (Å²) in [5.41, 5.74) is 3.37. The van der Waals surface area contributed by atoms with Crippen molar-refractivity contribution in [2.75, 3.05) is 49.5 Å². The smallest absolute Gasteiger partial charge is 0.263 e. The summed E-state index contributed by atoms with van der Waals surface area (Å²) in [6.07, 6.45) is 16.3. The Bertz CT molecular complexity index is 2090. The zero-order chi connectivity index (χ0) is 38.8. The van der Waals surface area contributed by atoms with Gasteiger partial charge in [-0.2, -0.15) is 4.98 Å². The Labute approximate surface area is 328 Å². The number of Topliss-reactive ketones (excluding diaryl/α,β-unsaturated/α-hetero) is 1. The molecule has 0 spiro atoms. The van der Waals surface area contributed by atoms with Crippen LogP contribution in [-0.2, 0) is 14.3 Å². The van der Waals surface area contributed by atoms with Gasteiger partial charge in [0.05, 0.1) is 24.6 Å². The molecule has 8 rings (SSSR count). The van der Waals surface area contributed by atoms with E-state index in [1.165, 1.54) is 25.5 Å². The van der Waals surface area contributed by atoms with E-state index in [0.717, 1.165) is 93.7 Å². The van der Waals surface area contributed by atoms with E-state index in [9.17, 15) is 19.2 Å². The quantitative estimate of drug-likeness (QED) is 0.169. The second-order valence-electron chi connectivity index (χ2n) is 16.2. The van der Waals surface area contributed by atoms with E-state index >= 15 is 0 Å². The molecule has 2 aromatic heterocycles. The van der Waals surface area contributed by atoms with Crippen molar-refractivity contribution in [1.29, 1.82) is 0 Å². The number of dihydropyridines is 1. The predicted octanol–water partition coefficient (Wildman–Crippen LogP) is 5.47. The van der Waals surface area contributed by atoms with Crippen LogP contribution < -0.4 is 26.4 Å². The molecule has 1 unspecified atom stereocenters. The molecule has 1 aromatic carbocycles. The lowest BCUT2D eigenvalue weighted by molar-refractivity contribution is -0.134. The van der Waals surface area contributed by atoms with Crippen molar-refractivity contribution in [3.63, 3.8) is 0 Å². The predicted molar refractivity (Wildman–Crippen MR) is 216 cm³/mol. The van der Waals surface area contributed by atoms with Crippen LogP contribution in [0.15, 0.2) is 59.0 Å². The SMILES string of the molecule is CC(=O)c1c(C)c2cnc(NC3=CC=C(OCCC4CCN(C5CCN(c6ccc(C7CCC(=O)NC7=O)cc6)CC5)CC4)CN3)nc2n(C2CCCC2)c1=O. The Morgan fingerprint density at radius 3 is 2.36 bits per heavy atom. The Balaban J connectivity index is 0.779. The molecule has 0 radical (unpaired) electrons. The van der Waals surface area contributed by atoms with Crippen LogP contribution in [-0.4, -0.2) is 82.4 Å². The Morgan fingerprint density at radius 2 is 1.68 bits per heavy atom. The molecule has 6 heterocycles. The maximum absolute atomic E-state index is 13.5. The van der Waals surface area contributed by atoms with Crippen LogP contribution in [0.2, 0.25) is 0 Å². The molecule has 3 aromatic rings. The molecular formula is C43H54N8O5. The highest BCUT2D eigenvalue weighted by Gasteiger charge is 2.31. The van der Waals surface area contributed by atoms with Gasteiger partial charge in [0, 0.05) is 48.9 Å². The molecule has 5 aliphatic rings. The number of ether oxygens (including phenoxy) is 1. The Hall–Kier alpha value is -5.04.